The van der Waals surface area contributed by atoms with Crippen LogP contribution in [-0.2, 0) is 10.0 Å². The summed E-state index contributed by atoms with van der Waals surface area (Å²) in [5.74, 6) is 0.239. The third-order valence-corrected chi connectivity index (χ3v) is 5.34. The molecule has 0 bridgehead atoms. The van der Waals surface area contributed by atoms with E-state index in [4.69, 9.17) is 0 Å². The molecule has 2 fully saturated rings. The van der Waals surface area contributed by atoms with Crippen molar-refractivity contribution in [1.82, 2.24) is 10.0 Å². The molecule has 0 spiro atoms. The summed E-state index contributed by atoms with van der Waals surface area (Å²) in [7, 11) is -3.11. The van der Waals surface area contributed by atoms with Crippen molar-refractivity contribution in [1.29, 1.82) is 0 Å². The van der Waals surface area contributed by atoms with Crippen LogP contribution >= 0.6 is 0 Å². The maximum absolute atomic E-state index is 12.0. The van der Waals surface area contributed by atoms with Crippen LogP contribution < -0.4 is 10.0 Å². The highest BCUT2D eigenvalue weighted by Crippen LogP contribution is 2.31. The minimum Gasteiger partial charge on any atom is -0.313 e. The summed E-state index contributed by atoms with van der Waals surface area (Å²) in [6.07, 6.45) is 6.39. The quantitative estimate of drug-likeness (QED) is 0.778. The summed E-state index contributed by atoms with van der Waals surface area (Å²) in [5.41, 5.74) is -0.159. The molecule has 1 atom stereocenters. The zero-order chi connectivity index (χ0) is 11.6. The van der Waals surface area contributed by atoms with Gasteiger partial charge in [-0.1, -0.05) is 6.42 Å². The van der Waals surface area contributed by atoms with Crippen molar-refractivity contribution in [3.8, 4) is 0 Å². The van der Waals surface area contributed by atoms with Gasteiger partial charge in [0.1, 0.15) is 0 Å². The van der Waals surface area contributed by atoms with Crippen LogP contribution in [0.1, 0.15) is 45.4 Å². The molecule has 16 heavy (non-hydrogen) atoms. The van der Waals surface area contributed by atoms with Crippen LogP contribution in [0.4, 0.5) is 0 Å². The predicted molar refractivity (Wildman–Crippen MR) is 64.8 cm³/mol. The van der Waals surface area contributed by atoms with Crippen molar-refractivity contribution in [2.75, 3.05) is 12.3 Å². The summed E-state index contributed by atoms with van der Waals surface area (Å²) in [6, 6.07) is 0.148. The Balaban J connectivity index is 1.86. The van der Waals surface area contributed by atoms with Gasteiger partial charge in [-0.15, -0.1) is 0 Å². The molecule has 0 amide bonds. The topological polar surface area (TPSA) is 58.2 Å². The Morgan fingerprint density at radius 1 is 1.31 bits per heavy atom. The zero-order valence-corrected chi connectivity index (χ0v) is 10.8. The summed E-state index contributed by atoms with van der Waals surface area (Å²) in [6.45, 7) is 2.96. The molecule has 2 rings (SSSR count). The number of piperidine rings is 1. The number of rotatable bonds is 4. The van der Waals surface area contributed by atoms with Crippen LogP contribution in [0.3, 0.4) is 0 Å². The van der Waals surface area contributed by atoms with E-state index in [9.17, 15) is 8.42 Å². The first-order valence-corrected chi connectivity index (χ1v) is 7.89. The van der Waals surface area contributed by atoms with Crippen LogP contribution in [0, 0.1) is 0 Å². The van der Waals surface area contributed by atoms with Crippen molar-refractivity contribution in [3.63, 3.8) is 0 Å². The minimum absolute atomic E-state index is 0.148. The third-order valence-electron chi connectivity index (χ3n) is 3.69. The molecule has 0 aromatic heterocycles. The monoisotopic (exact) mass is 246 g/mol. The second kappa shape index (κ2) is 4.63. The van der Waals surface area contributed by atoms with E-state index in [1.807, 2.05) is 6.92 Å². The van der Waals surface area contributed by atoms with Gasteiger partial charge in [-0.3, -0.25) is 0 Å². The van der Waals surface area contributed by atoms with E-state index in [0.717, 1.165) is 38.6 Å². The molecule has 4 nitrogen and oxygen atoms in total. The number of nitrogens with one attached hydrogen (secondary N) is 2. The Labute approximate surface area is 98.2 Å². The van der Waals surface area contributed by atoms with E-state index in [0.29, 0.717) is 0 Å². The first-order chi connectivity index (χ1) is 7.49. The highest BCUT2D eigenvalue weighted by Gasteiger charge is 2.36. The Bertz CT molecular complexity index is 330. The van der Waals surface area contributed by atoms with Crippen molar-refractivity contribution in [2.24, 2.45) is 0 Å². The highest BCUT2D eigenvalue weighted by molar-refractivity contribution is 7.89. The molecule has 1 aliphatic carbocycles. The lowest BCUT2D eigenvalue weighted by atomic mass is 9.80. The van der Waals surface area contributed by atoms with E-state index in [1.54, 1.807) is 0 Å². The lowest BCUT2D eigenvalue weighted by Gasteiger charge is -2.39. The van der Waals surface area contributed by atoms with Gasteiger partial charge in [-0.05, 0) is 45.6 Å². The zero-order valence-electron chi connectivity index (χ0n) is 9.96. The number of hydrogen-bond donors (Lipinski definition) is 2. The SMILES string of the molecule is CC1(NS(=O)(=O)CC2CCCCN2)CCC1. The van der Waals surface area contributed by atoms with Gasteiger partial charge in [0, 0.05) is 11.6 Å². The van der Waals surface area contributed by atoms with Crippen LogP contribution in [0.15, 0.2) is 0 Å². The normalized spacial score (nSPS) is 29.7. The number of sulfonamides is 1. The minimum atomic E-state index is -3.11. The van der Waals surface area contributed by atoms with Gasteiger partial charge in [0.05, 0.1) is 5.75 Å². The smallest absolute Gasteiger partial charge is 0.213 e. The fourth-order valence-electron chi connectivity index (χ4n) is 2.56. The Hall–Kier alpha value is -0.130. The first-order valence-electron chi connectivity index (χ1n) is 6.24. The molecule has 0 aromatic rings. The molecule has 1 heterocycles. The molecule has 1 saturated carbocycles. The van der Waals surface area contributed by atoms with Gasteiger partial charge in [0.25, 0.3) is 0 Å². The molecule has 0 radical (unpaired) electrons. The van der Waals surface area contributed by atoms with Crippen molar-refractivity contribution in [3.05, 3.63) is 0 Å². The molecule has 1 unspecified atom stereocenters. The van der Waals surface area contributed by atoms with E-state index in [1.165, 1.54) is 6.42 Å². The van der Waals surface area contributed by atoms with Crippen LogP contribution in [0.5, 0.6) is 0 Å². The summed E-state index contributed by atoms with van der Waals surface area (Å²) in [5, 5.41) is 3.28. The Morgan fingerprint density at radius 2 is 2.06 bits per heavy atom. The number of hydrogen-bond acceptors (Lipinski definition) is 3. The average Bonchev–Trinajstić information content (AvgIpc) is 2.15. The molecule has 2 aliphatic rings. The van der Waals surface area contributed by atoms with Gasteiger partial charge < -0.3 is 5.32 Å². The summed E-state index contributed by atoms with van der Waals surface area (Å²) < 4.78 is 26.8. The maximum atomic E-state index is 12.0. The fraction of sp³-hybridized carbons (Fsp3) is 1.00. The fourth-order valence-corrected chi connectivity index (χ4v) is 4.41. The van der Waals surface area contributed by atoms with Crippen LogP contribution in [-0.4, -0.2) is 32.3 Å². The molecular weight excluding hydrogens is 224 g/mol. The van der Waals surface area contributed by atoms with Gasteiger partial charge in [0.15, 0.2) is 0 Å². The van der Waals surface area contributed by atoms with Gasteiger partial charge in [0.2, 0.25) is 10.0 Å². The second-order valence-corrected chi connectivity index (χ2v) is 7.21. The molecule has 5 heteroatoms. The van der Waals surface area contributed by atoms with Gasteiger partial charge in [-0.2, -0.15) is 0 Å². The van der Waals surface area contributed by atoms with E-state index in [-0.39, 0.29) is 17.3 Å². The first kappa shape index (κ1) is 12.3. The molecule has 0 aromatic carbocycles. The lowest BCUT2D eigenvalue weighted by molar-refractivity contribution is 0.247. The van der Waals surface area contributed by atoms with Crippen LogP contribution in [0.25, 0.3) is 0 Å². The Kier molecular flexibility index (Phi) is 3.56. The molecule has 2 N–H and O–H groups in total. The highest BCUT2D eigenvalue weighted by atomic mass is 32.2. The van der Waals surface area contributed by atoms with E-state index in [2.05, 4.69) is 10.0 Å². The summed E-state index contributed by atoms with van der Waals surface area (Å²) >= 11 is 0. The second-order valence-electron chi connectivity index (χ2n) is 5.44. The van der Waals surface area contributed by atoms with Crippen molar-refractivity contribution in [2.45, 2.75) is 57.0 Å². The largest absolute Gasteiger partial charge is 0.313 e. The lowest BCUT2D eigenvalue weighted by Crippen LogP contribution is -2.53. The Morgan fingerprint density at radius 3 is 2.56 bits per heavy atom. The molecule has 94 valence electrons. The van der Waals surface area contributed by atoms with Crippen molar-refractivity contribution >= 4 is 10.0 Å². The van der Waals surface area contributed by atoms with Crippen LogP contribution in [0.2, 0.25) is 0 Å². The standard InChI is InChI=1S/C11H22N2O2S/c1-11(6-4-7-11)13-16(14,15)9-10-5-2-3-8-12-10/h10,12-13H,2-9H2,1H3. The van der Waals surface area contributed by atoms with E-state index < -0.39 is 10.0 Å². The molecule has 1 saturated heterocycles. The van der Waals surface area contributed by atoms with E-state index >= 15 is 0 Å². The summed E-state index contributed by atoms with van der Waals surface area (Å²) in [4.78, 5) is 0. The van der Waals surface area contributed by atoms with Gasteiger partial charge in [-0.25, -0.2) is 13.1 Å². The van der Waals surface area contributed by atoms with Gasteiger partial charge >= 0.3 is 0 Å². The molecular formula is C11H22N2O2S. The van der Waals surface area contributed by atoms with Crippen molar-refractivity contribution < 1.29 is 8.42 Å². The average molecular weight is 246 g/mol. The maximum Gasteiger partial charge on any atom is 0.213 e. The predicted octanol–water partition coefficient (Wildman–Crippen LogP) is 0.990. The third kappa shape index (κ3) is 3.18. The molecule has 1 aliphatic heterocycles.